The molecule has 0 saturated carbocycles. The zero-order chi connectivity index (χ0) is 18.5. The van der Waals surface area contributed by atoms with Crippen LogP contribution in [0.2, 0.25) is 0 Å². The van der Waals surface area contributed by atoms with Crippen molar-refractivity contribution in [3.63, 3.8) is 0 Å². The van der Waals surface area contributed by atoms with Crippen LogP contribution in [-0.2, 0) is 17.8 Å². The van der Waals surface area contributed by atoms with Crippen LogP contribution in [0.3, 0.4) is 0 Å². The first-order valence-electron chi connectivity index (χ1n) is 10.0. The van der Waals surface area contributed by atoms with Crippen LogP contribution in [0.5, 0.6) is 0 Å². The fourth-order valence-corrected chi connectivity index (χ4v) is 4.35. The minimum absolute atomic E-state index is 0.161. The van der Waals surface area contributed by atoms with Crippen LogP contribution in [0.1, 0.15) is 43.2 Å². The molecule has 3 heteroatoms. The van der Waals surface area contributed by atoms with E-state index in [9.17, 15) is 4.79 Å². The molecule has 2 unspecified atom stereocenters. The monoisotopic (exact) mass is 361 g/mol. The molecular weight excluding hydrogens is 334 g/mol. The zero-order valence-electron chi connectivity index (χ0n) is 15.7. The normalized spacial score (nSPS) is 21.0. The van der Waals surface area contributed by atoms with Crippen molar-refractivity contribution < 1.29 is 9.53 Å². The number of fused-ring (bicyclic) bond motifs is 2. The Morgan fingerprint density at radius 2 is 1.63 bits per heavy atom. The molecule has 0 aliphatic carbocycles. The molecule has 140 valence electrons. The summed E-state index contributed by atoms with van der Waals surface area (Å²) in [4.78, 5) is 14.6. The number of nitrogens with zero attached hydrogens (tertiary/aromatic N) is 1. The molecule has 2 bridgehead atoms. The molecular formula is C24H27NO2. The number of benzene rings is 2. The smallest absolute Gasteiger partial charge is 0.410 e. The molecule has 1 saturated heterocycles. The quantitative estimate of drug-likeness (QED) is 0.635. The predicted octanol–water partition coefficient (Wildman–Crippen LogP) is 5.51. The van der Waals surface area contributed by atoms with Gasteiger partial charge in [0.1, 0.15) is 6.61 Å². The fourth-order valence-electron chi connectivity index (χ4n) is 4.35. The van der Waals surface area contributed by atoms with Crippen molar-refractivity contribution in [2.45, 2.75) is 57.2 Å². The Bertz CT molecular complexity index is 785. The lowest BCUT2D eigenvalue weighted by atomic mass is 9.96. The van der Waals surface area contributed by atoms with Gasteiger partial charge in [-0.05, 0) is 49.7 Å². The number of rotatable bonds is 6. The van der Waals surface area contributed by atoms with Crippen molar-refractivity contribution in [2.24, 2.45) is 0 Å². The number of amides is 1. The third kappa shape index (κ3) is 4.41. The first-order valence-corrected chi connectivity index (χ1v) is 10.0. The first kappa shape index (κ1) is 17.8. The Labute approximate surface area is 161 Å². The van der Waals surface area contributed by atoms with Crippen LogP contribution in [-0.4, -0.2) is 23.1 Å². The Balaban J connectivity index is 1.30. The lowest BCUT2D eigenvalue weighted by Gasteiger charge is -2.33. The molecule has 2 aromatic rings. The first-order chi connectivity index (χ1) is 13.3. The molecule has 1 fully saturated rings. The Kier molecular flexibility index (Phi) is 5.57. The Morgan fingerprint density at radius 3 is 2.33 bits per heavy atom. The molecule has 0 N–H and O–H groups in total. The van der Waals surface area contributed by atoms with Crippen LogP contribution < -0.4 is 0 Å². The van der Waals surface area contributed by atoms with Crippen LogP contribution in [0.4, 0.5) is 4.79 Å². The van der Waals surface area contributed by atoms with E-state index in [0.29, 0.717) is 12.6 Å². The largest absolute Gasteiger partial charge is 0.445 e. The molecule has 2 aromatic carbocycles. The summed E-state index contributed by atoms with van der Waals surface area (Å²) in [6, 6.07) is 21.1. The average Bonchev–Trinajstić information content (AvgIpc) is 2.98. The SMILES string of the molecule is O=C(OCc1ccccc1)N1C2C=C(CCCc3ccccc3)CC1CC2. The van der Waals surface area contributed by atoms with Crippen LogP contribution in [0, 0.1) is 0 Å². The third-order valence-corrected chi connectivity index (χ3v) is 5.69. The second kappa shape index (κ2) is 8.43. The highest BCUT2D eigenvalue weighted by molar-refractivity contribution is 5.70. The van der Waals surface area contributed by atoms with Crippen LogP contribution in [0.15, 0.2) is 72.3 Å². The summed E-state index contributed by atoms with van der Waals surface area (Å²) in [5, 5.41) is 0. The standard InChI is InChI=1S/C24H27NO2/c26-24(27-18-20-10-5-2-6-11-20)25-22-14-15-23(25)17-21(16-22)13-7-12-19-8-3-1-4-9-19/h1-6,8-11,16,22-23H,7,12-15,17-18H2. The van der Waals surface area contributed by atoms with Gasteiger partial charge in [-0.15, -0.1) is 0 Å². The minimum Gasteiger partial charge on any atom is -0.445 e. The molecule has 2 aliphatic rings. The van der Waals surface area contributed by atoms with E-state index >= 15 is 0 Å². The molecule has 2 atom stereocenters. The Hall–Kier alpha value is -2.55. The van der Waals surface area contributed by atoms with Crippen molar-refractivity contribution in [1.82, 2.24) is 4.90 Å². The van der Waals surface area contributed by atoms with Crippen molar-refractivity contribution in [2.75, 3.05) is 0 Å². The maximum Gasteiger partial charge on any atom is 0.410 e. The van der Waals surface area contributed by atoms with Gasteiger partial charge in [0.15, 0.2) is 0 Å². The molecule has 0 spiro atoms. The summed E-state index contributed by atoms with van der Waals surface area (Å²) in [5.41, 5.74) is 3.96. The maximum atomic E-state index is 12.6. The zero-order valence-corrected chi connectivity index (χ0v) is 15.7. The van der Waals surface area contributed by atoms with Gasteiger partial charge in [0.2, 0.25) is 0 Å². The highest BCUT2D eigenvalue weighted by Gasteiger charge is 2.40. The number of ether oxygens (including phenoxy) is 1. The number of hydrogen-bond acceptors (Lipinski definition) is 2. The summed E-state index contributed by atoms with van der Waals surface area (Å²) < 4.78 is 5.58. The van der Waals surface area contributed by atoms with E-state index in [2.05, 4.69) is 36.4 Å². The van der Waals surface area contributed by atoms with Crippen molar-refractivity contribution in [3.05, 3.63) is 83.4 Å². The van der Waals surface area contributed by atoms with E-state index in [4.69, 9.17) is 4.74 Å². The Morgan fingerprint density at radius 1 is 0.926 bits per heavy atom. The number of carbonyl (C=O) groups is 1. The van der Waals surface area contributed by atoms with E-state index in [1.165, 1.54) is 17.6 Å². The van der Waals surface area contributed by atoms with E-state index in [1.54, 1.807) is 0 Å². The van der Waals surface area contributed by atoms with Gasteiger partial charge in [-0.3, -0.25) is 4.90 Å². The predicted molar refractivity (Wildman–Crippen MR) is 107 cm³/mol. The van der Waals surface area contributed by atoms with Crippen LogP contribution >= 0.6 is 0 Å². The van der Waals surface area contributed by atoms with Gasteiger partial charge in [-0.1, -0.05) is 72.3 Å². The maximum absolute atomic E-state index is 12.6. The fraction of sp³-hybridized carbons (Fsp3) is 0.375. The van der Waals surface area contributed by atoms with Gasteiger partial charge in [-0.2, -0.15) is 0 Å². The second-order valence-corrected chi connectivity index (χ2v) is 7.61. The van der Waals surface area contributed by atoms with Gasteiger partial charge in [0, 0.05) is 6.04 Å². The molecule has 2 heterocycles. The molecule has 1 amide bonds. The summed E-state index contributed by atoms with van der Waals surface area (Å²) >= 11 is 0. The summed E-state index contributed by atoms with van der Waals surface area (Å²) in [6.45, 7) is 0.350. The third-order valence-electron chi connectivity index (χ3n) is 5.69. The molecule has 0 radical (unpaired) electrons. The lowest BCUT2D eigenvalue weighted by Crippen LogP contribution is -2.43. The molecule has 27 heavy (non-hydrogen) atoms. The van der Waals surface area contributed by atoms with Gasteiger partial charge in [-0.25, -0.2) is 4.79 Å². The van der Waals surface area contributed by atoms with E-state index in [1.807, 2.05) is 35.2 Å². The summed E-state index contributed by atoms with van der Waals surface area (Å²) in [5.74, 6) is 0. The second-order valence-electron chi connectivity index (χ2n) is 7.61. The van der Waals surface area contributed by atoms with Gasteiger partial charge in [0.25, 0.3) is 0 Å². The summed E-state index contributed by atoms with van der Waals surface area (Å²) in [6.07, 6.45) is 8.76. The van der Waals surface area contributed by atoms with E-state index in [0.717, 1.165) is 37.7 Å². The van der Waals surface area contributed by atoms with E-state index in [-0.39, 0.29) is 12.1 Å². The molecule has 4 rings (SSSR count). The average molecular weight is 361 g/mol. The van der Waals surface area contributed by atoms with Gasteiger partial charge in [0.05, 0.1) is 6.04 Å². The molecule has 2 aliphatic heterocycles. The van der Waals surface area contributed by atoms with Gasteiger partial charge < -0.3 is 4.74 Å². The summed E-state index contributed by atoms with van der Waals surface area (Å²) in [7, 11) is 0. The lowest BCUT2D eigenvalue weighted by molar-refractivity contribution is 0.0814. The highest BCUT2D eigenvalue weighted by Crippen LogP contribution is 2.36. The number of aryl methyl sites for hydroxylation is 1. The van der Waals surface area contributed by atoms with Crippen molar-refractivity contribution in [1.29, 1.82) is 0 Å². The number of carbonyl (C=O) groups excluding carboxylic acids is 1. The van der Waals surface area contributed by atoms with Crippen molar-refractivity contribution in [3.8, 4) is 0 Å². The van der Waals surface area contributed by atoms with Crippen molar-refractivity contribution >= 4 is 6.09 Å². The topological polar surface area (TPSA) is 29.5 Å². The molecule has 3 nitrogen and oxygen atoms in total. The van der Waals surface area contributed by atoms with E-state index < -0.39 is 0 Å². The number of hydrogen-bond donors (Lipinski definition) is 0. The molecule has 0 aromatic heterocycles. The van der Waals surface area contributed by atoms with Gasteiger partial charge >= 0.3 is 6.09 Å². The minimum atomic E-state index is -0.161. The van der Waals surface area contributed by atoms with Crippen LogP contribution in [0.25, 0.3) is 0 Å². The highest BCUT2D eigenvalue weighted by atomic mass is 16.6.